The van der Waals surface area contributed by atoms with Gasteiger partial charge in [0.15, 0.2) is 5.96 Å². The SMILES string of the molecule is CCNC(=NCCS(=O)(=O)NCC1CCC1)N1CCC2(CCCC2)C1.I. The van der Waals surface area contributed by atoms with Crippen molar-refractivity contribution in [1.29, 1.82) is 0 Å². The number of halogens is 1. The van der Waals surface area contributed by atoms with E-state index in [4.69, 9.17) is 0 Å². The van der Waals surface area contributed by atoms with Crippen molar-refractivity contribution in [2.75, 3.05) is 38.5 Å². The predicted molar refractivity (Wildman–Crippen MR) is 118 cm³/mol. The maximum atomic E-state index is 12.1. The maximum absolute atomic E-state index is 12.1. The van der Waals surface area contributed by atoms with E-state index in [0.29, 0.717) is 24.4 Å². The molecule has 2 saturated carbocycles. The summed E-state index contributed by atoms with van der Waals surface area (Å²) in [6.07, 6.45) is 10.2. The van der Waals surface area contributed by atoms with Crippen molar-refractivity contribution in [1.82, 2.24) is 14.9 Å². The van der Waals surface area contributed by atoms with E-state index in [1.54, 1.807) is 0 Å². The lowest BCUT2D eigenvalue weighted by atomic mass is 9.86. The Kier molecular flexibility index (Phi) is 8.46. The van der Waals surface area contributed by atoms with Gasteiger partial charge in [-0.2, -0.15) is 0 Å². The zero-order valence-corrected chi connectivity index (χ0v) is 19.2. The summed E-state index contributed by atoms with van der Waals surface area (Å²) < 4.78 is 27.0. The second-order valence-corrected chi connectivity index (χ2v) is 10.0. The Morgan fingerprint density at radius 2 is 1.92 bits per heavy atom. The minimum absolute atomic E-state index is 0. The fourth-order valence-corrected chi connectivity index (χ4v) is 5.33. The number of nitrogens with one attached hydrogen (secondary N) is 2. The van der Waals surface area contributed by atoms with E-state index in [1.165, 1.54) is 38.5 Å². The molecule has 26 heavy (non-hydrogen) atoms. The molecule has 152 valence electrons. The summed E-state index contributed by atoms with van der Waals surface area (Å²) in [5.41, 5.74) is 0.493. The molecule has 2 aliphatic carbocycles. The minimum atomic E-state index is -3.21. The number of hydrogen-bond acceptors (Lipinski definition) is 3. The van der Waals surface area contributed by atoms with Gasteiger partial charge in [0.2, 0.25) is 10.0 Å². The molecular formula is C18H35IN4O2S. The van der Waals surface area contributed by atoms with Gasteiger partial charge in [-0.05, 0) is 50.4 Å². The molecule has 1 heterocycles. The van der Waals surface area contributed by atoms with E-state index in [9.17, 15) is 8.42 Å². The Bertz CT molecular complexity index is 572. The van der Waals surface area contributed by atoms with Gasteiger partial charge in [0.1, 0.15) is 0 Å². The van der Waals surface area contributed by atoms with E-state index >= 15 is 0 Å². The lowest BCUT2D eigenvalue weighted by molar-refractivity contribution is 0.309. The van der Waals surface area contributed by atoms with Crippen LogP contribution in [0.3, 0.4) is 0 Å². The minimum Gasteiger partial charge on any atom is -0.357 e. The number of guanidine groups is 1. The zero-order valence-electron chi connectivity index (χ0n) is 16.0. The number of nitrogens with zero attached hydrogens (tertiary/aromatic N) is 2. The summed E-state index contributed by atoms with van der Waals surface area (Å²) in [6.45, 7) is 5.92. The van der Waals surface area contributed by atoms with E-state index in [2.05, 4.69) is 26.9 Å². The molecule has 1 aliphatic heterocycles. The van der Waals surface area contributed by atoms with Gasteiger partial charge in [-0.25, -0.2) is 13.1 Å². The molecule has 1 spiro atoms. The first kappa shape index (κ1) is 22.2. The average molecular weight is 498 g/mol. The topological polar surface area (TPSA) is 73.8 Å². The zero-order chi connectivity index (χ0) is 17.8. The van der Waals surface area contributed by atoms with Gasteiger partial charge in [0.25, 0.3) is 0 Å². The van der Waals surface area contributed by atoms with Crippen LogP contribution in [0.1, 0.15) is 58.3 Å². The number of aliphatic imine (C=N–C) groups is 1. The van der Waals surface area contributed by atoms with Crippen LogP contribution in [-0.4, -0.2) is 57.8 Å². The molecule has 0 amide bonds. The molecule has 3 aliphatic rings. The molecule has 6 nitrogen and oxygen atoms in total. The van der Waals surface area contributed by atoms with Crippen molar-refractivity contribution in [3.8, 4) is 0 Å². The second-order valence-electron chi connectivity index (χ2n) is 8.08. The highest BCUT2D eigenvalue weighted by Crippen LogP contribution is 2.45. The molecule has 0 unspecified atom stereocenters. The molecular weight excluding hydrogens is 463 g/mol. The molecule has 0 atom stereocenters. The Morgan fingerprint density at radius 3 is 2.54 bits per heavy atom. The monoisotopic (exact) mass is 498 g/mol. The van der Waals surface area contributed by atoms with Crippen LogP contribution in [0.15, 0.2) is 4.99 Å². The first-order chi connectivity index (χ1) is 12.0. The van der Waals surface area contributed by atoms with Crippen LogP contribution in [-0.2, 0) is 10.0 Å². The quantitative estimate of drug-likeness (QED) is 0.322. The summed E-state index contributed by atoms with van der Waals surface area (Å²) in [4.78, 5) is 6.95. The van der Waals surface area contributed by atoms with E-state index < -0.39 is 10.0 Å². The lowest BCUT2D eigenvalue weighted by Gasteiger charge is -2.26. The van der Waals surface area contributed by atoms with Crippen LogP contribution in [0, 0.1) is 11.3 Å². The normalized spacial score (nSPS) is 23.1. The maximum Gasteiger partial charge on any atom is 0.213 e. The molecule has 0 bridgehead atoms. The molecule has 1 saturated heterocycles. The summed E-state index contributed by atoms with van der Waals surface area (Å²) in [7, 11) is -3.21. The van der Waals surface area contributed by atoms with Gasteiger partial charge < -0.3 is 10.2 Å². The molecule has 0 aromatic rings. The van der Waals surface area contributed by atoms with E-state index in [0.717, 1.165) is 38.4 Å². The summed E-state index contributed by atoms with van der Waals surface area (Å²) in [5, 5.41) is 3.35. The van der Waals surface area contributed by atoms with Gasteiger partial charge in [0.05, 0.1) is 12.3 Å². The standard InChI is InChI=1S/C18H34N4O2S.HI/c1-2-19-17(22-12-10-18(15-22)8-3-4-9-18)20-11-13-25(23,24)21-14-16-6-5-7-16;/h16,21H,2-15H2,1H3,(H,19,20);1H. The smallest absolute Gasteiger partial charge is 0.213 e. The Labute approximate surface area is 176 Å². The van der Waals surface area contributed by atoms with Gasteiger partial charge >= 0.3 is 0 Å². The number of hydrogen-bond donors (Lipinski definition) is 2. The molecule has 8 heteroatoms. The Hall–Kier alpha value is -0.0900. The predicted octanol–water partition coefficient (Wildman–Crippen LogP) is 2.56. The van der Waals surface area contributed by atoms with Crippen molar-refractivity contribution in [2.45, 2.75) is 58.3 Å². The van der Waals surface area contributed by atoms with Crippen LogP contribution in [0.4, 0.5) is 0 Å². The van der Waals surface area contributed by atoms with Crippen LogP contribution in [0.2, 0.25) is 0 Å². The Balaban J connectivity index is 0.00000243. The first-order valence-electron chi connectivity index (χ1n) is 10.0. The fourth-order valence-electron chi connectivity index (χ4n) is 4.36. The third-order valence-electron chi connectivity index (χ3n) is 6.18. The van der Waals surface area contributed by atoms with Gasteiger partial charge in [-0.1, -0.05) is 19.3 Å². The molecule has 0 aromatic carbocycles. The van der Waals surface area contributed by atoms with Gasteiger partial charge in [-0.15, -0.1) is 24.0 Å². The summed E-state index contributed by atoms with van der Waals surface area (Å²) in [5.74, 6) is 1.51. The molecule has 3 rings (SSSR count). The summed E-state index contributed by atoms with van der Waals surface area (Å²) in [6, 6.07) is 0. The van der Waals surface area contributed by atoms with Crippen molar-refractivity contribution >= 4 is 40.0 Å². The summed E-state index contributed by atoms with van der Waals surface area (Å²) >= 11 is 0. The third-order valence-corrected chi connectivity index (χ3v) is 7.50. The first-order valence-corrected chi connectivity index (χ1v) is 11.7. The highest BCUT2D eigenvalue weighted by atomic mass is 127. The van der Waals surface area contributed by atoms with E-state index in [1.807, 2.05) is 0 Å². The largest absolute Gasteiger partial charge is 0.357 e. The lowest BCUT2D eigenvalue weighted by Crippen LogP contribution is -2.41. The average Bonchev–Trinajstić information content (AvgIpc) is 3.15. The molecule has 3 fully saturated rings. The highest BCUT2D eigenvalue weighted by Gasteiger charge is 2.41. The second kappa shape index (κ2) is 9.91. The van der Waals surface area contributed by atoms with Crippen molar-refractivity contribution in [3.05, 3.63) is 0 Å². The van der Waals surface area contributed by atoms with Gasteiger partial charge in [0, 0.05) is 26.2 Å². The highest BCUT2D eigenvalue weighted by molar-refractivity contribution is 14.0. The Morgan fingerprint density at radius 1 is 1.19 bits per heavy atom. The van der Waals surface area contributed by atoms with Crippen LogP contribution in [0.5, 0.6) is 0 Å². The number of sulfonamides is 1. The van der Waals surface area contributed by atoms with Crippen LogP contribution >= 0.6 is 24.0 Å². The van der Waals surface area contributed by atoms with Crippen molar-refractivity contribution in [3.63, 3.8) is 0 Å². The van der Waals surface area contributed by atoms with E-state index in [-0.39, 0.29) is 29.7 Å². The van der Waals surface area contributed by atoms with Gasteiger partial charge in [-0.3, -0.25) is 4.99 Å². The fraction of sp³-hybridized carbons (Fsp3) is 0.944. The molecule has 0 radical (unpaired) electrons. The molecule has 0 aromatic heterocycles. The van der Waals surface area contributed by atoms with Crippen molar-refractivity contribution < 1.29 is 8.42 Å². The van der Waals surface area contributed by atoms with Crippen LogP contribution in [0.25, 0.3) is 0 Å². The number of rotatable bonds is 7. The third kappa shape index (κ3) is 5.95. The number of likely N-dealkylation sites (tertiary alicyclic amines) is 1. The molecule has 2 N–H and O–H groups in total. The van der Waals surface area contributed by atoms with Crippen LogP contribution < -0.4 is 10.0 Å². The van der Waals surface area contributed by atoms with Crippen molar-refractivity contribution in [2.24, 2.45) is 16.3 Å².